The summed E-state index contributed by atoms with van der Waals surface area (Å²) >= 11 is 0. The Morgan fingerprint density at radius 2 is 2.15 bits per heavy atom. The normalized spacial score (nSPS) is 26.9. The van der Waals surface area contributed by atoms with Gasteiger partial charge in [0.05, 0.1) is 6.10 Å². The van der Waals surface area contributed by atoms with Gasteiger partial charge in [-0.05, 0) is 37.3 Å². The molecule has 0 aromatic heterocycles. The van der Waals surface area contributed by atoms with Gasteiger partial charge in [-0.2, -0.15) is 0 Å². The average Bonchev–Trinajstić information content (AvgIpc) is 3.24. The van der Waals surface area contributed by atoms with Crippen LogP contribution in [0, 0.1) is 11.7 Å². The highest BCUT2D eigenvalue weighted by atomic mass is 19.1. The lowest BCUT2D eigenvalue weighted by atomic mass is 9.95. The van der Waals surface area contributed by atoms with Crippen LogP contribution < -0.4 is 10.2 Å². The number of nitrogens with one attached hydrogen (secondary N) is 1. The van der Waals surface area contributed by atoms with E-state index in [2.05, 4.69) is 17.1 Å². The standard InChI is InChI=1S/C16H23FN2O/c1-11-10-19(8-7-16(11)20)15-4-2-3-14(17)13(15)9-18-12-5-6-12/h2-4,11-12,16,18,20H,5-10H2,1H3. The van der Waals surface area contributed by atoms with E-state index in [1.54, 1.807) is 6.07 Å². The van der Waals surface area contributed by atoms with Gasteiger partial charge >= 0.3 is 0 Å². The number of piperidine rings is 1. The van der Waals surface area contributed by atoms with Crippen molar-refractivity contribution in [2.24, 2.45) is 5.92 Å². The van der Waals surface area contributed by atoms with E-state index >= 15 is 0 Å². The van der Waals surface area contributed by atoms with Crippen LogP contribution in [-0.4, -0.2) is 30.3 Å². The summed E-state index contributed by atoms with van der Waals surface area (Å²) in [5, 5.41) is 13.2. The van der Waals surface area contributed by atoms with Gasteiger partial charge in [0.1, 0.15) is 5.82 Å². The van der Waals surface area contributed by atoms with Gasteiger partial charge < -0.3 is 15.3 Å². The fourth-order valence-electron chi connectivity index (χ4n) is 2.90. The topological polar surface area (TPSA) is 35.5 Å². The number of benzene rings is 1. The van der Waals surface area contributed by atoms with Gasteiger partial charge in [-0.3, -0.25) is 0 Å². The molecule has 4 heteroatoms. The molecule has 1 aromatic rings. The summed E-state index contributed by atoms with van der Waals surface area (Å²) in [5.74, 6) is 0.102. The van der Waals surface area contributed by atoms with Crippen LogP contribution >= 0.6 is 0 Å². The molecule has 1 aliphatic carbocycles. The van der Waals surface area contributed by atoms with Crippen LogP contribution in [-0.2, 0) is 6.54 Å². The summed E-state index contributed by atoms with van der Waals surface area (Å²) < 4.78 is 14.1. The lowest BCUT2D eigenvalue weighted by molar-refractivity contribution is 0.0970. The zero-order valence-electron chi connectivity index (χ0n) is 12.0. The number of aliphatic hydroxyl groups is 1. The van der Waals surface area contributed by atoms with Crippen molar-refractivity contribution in [1.29, 1.82) is 0 Å². The Bertz CT molecular complexity index is 476. The third-order valence-electron chi connectivity index (χ3n) is 4.44. The first-order chi connectivity index (χ1) is 9.65. The smallest absolute Gasteiger partial charge is 0.129 e. The van der Waals surface area contributed by atoms with Crippen LogP contribution in [0.2, 0.25) is 0 Å². The first-order valence-corrected chi connectivity index (χ1v) is 7.59. The zero-order chi connectivity index (χ0) is 14.1. The van der Waals surface area contributed by atoms with E-state index in [1.165, 1.54) is 18.9 Å². The highest BCUT2D eigenvalue weighted by Gasteiger charge is 2.27. The van der Waals surface area contributed by atoms with Crippen molar-refractivity contribution < 1.29 is 9.50 Å². The highest BCUT2D eigenvalue weighted by Crippen LogP contribution is 2.29. The maximum absolute atomic E-state index is 14.1. The number of anilines is 1. The second-order valence-corrected chi connectivity index (χ2v) is 6.17. The summed E-state index contributed by atoms with van der Waals surface area (Å²) in [7, 11) is 0. The molecule has 2 aliphatic rings. The van der Waals surface area contributed by atoms with Gasteiger partial charge in [0.2, 0.25) is 0 Å². The SMILES string of the molecule is CC1CN(c2cccc(F)c2CNC2CC2)CCC1O. The predicted octanol–water partition coefficient (Wildman–Crippen LogP) is 2.28. The molecule has 2 N–H and O–H groups in total. The summed E-state index contributed by atoms with van der Waals surface area (Å²) in [6.45, 7) is 4.24. The van der Waals surface area contributed by atoms with Crippen LogP contribution in [0.1, 0.15) is 31.7 Å². The minimum Gasteiger partial charge on any atom is -0.393 e. The number of hydrogen-bond donors (Lipinski definition) is 2. The molecule has 0 bridgehead atoms. The lowest BCUT2D eigenvalue weighted by Crippen LogP contribution is -2.42. The quantitative estimate of drug-likeness (QED) is 0.887. The molecule has 20 heavy (non-hydrogen) atoms. The molecule has 3 nitrogen and oxygen atoms in total. The Morgan fingerprint density at radius 3 is 2.85 bits per heavy atom. The molecule has 1 saturated heterocycles. The molecule has 3 rings (SSSR count). The first-order valence-electron chi connectivity index (χ1n) is 7.59. The molecule has 1 heterocycles. The van der Waals surface area contributed by atoms with Gasteiger partial charge in [-0.1, -0.05) is 13.0 Å². The van der Waals surface area contributed by atoms with E-state index in [9.17, 15) is 9.50 Å². The van der Waals surface area contributed by atoms with E-state index < -0.39 is 0 Å². The molecule has 1 saturated carbocycles. The molecule has 2 atom stereocenters. The van der Waals surface area contributed by atoms with Crippen LogP contribution in [0.4, 0.5) is 10.1 Å². The third-order valence-corrected chi connectivity index (χ3v) is 4.44. The van der Waals surface area contributed by atoms with Gasteiger partial charge in [0.15, 0.2) is 0 Å². The molecule has 2 unspecified atom stereocenters. The second kappa shape index (κ2) is 5.70. The van der Waals surface area contributed by atoms with Gasteiger partial charge in [-0.15, -0.1) is 0 Å². The minimum atomic E-state index is -0.229. The van der Waals surface area contributed by atoms with Crippen LogP contribution in [0.3, 0.4) is 0 Å². The van der Waals surface area contributed by atoms with Crippen molar-refractivity contribution in [3.05, 3.63) is 29.6 Å². The van der Waals surface area contributed by atoms with Gasteiger partial charge in [0, 0.05) is 36.9 Å². The Morgan fingerprint density at radius 1 is 1.35 bits per heavy atom. The molecular formula is C16H23FN2O. The summed E-state index contributed by atoms with van der Waals surface area (Å²) in [4.78, 5) is 2.21. The third kappa shape index (κ3) is 2.96. The minimum absolute atomic E-state index is 0.130. The largest absolute Gasteiger partial charge is 0.393 e. The highest BCUT2D eigenvalue weighted by molar-refractivity contribution is 5.54. The fourth-order valence-corrected chi connectivity index (χ4v) is 2.90. The van der Waals surface area contributed by atoms with Gasteiger partial charge in [-0.25, -0.2) is 4.39 Å². The Hall–Kier alpha value is -1.13. The molecule has 0 radical (unpaired) electrons. The fraction of sp³-hybridized carbons (Fsp3) is 0.625. The molecular weight excluding hydrogens is 255 g/mol. The van der Waals surface area contributed by atoms with Crippen LogP contribution in [0.25, 0.3) is 0 Å². The van der Waals surface area contributed by atoms with Gasteiger partial charge in [0.25, 0.3) is 0 Å². The average molecular weight is 278 g/mol. The van der Waals surface area contributed by atoms with E-state index in [1.807, 2.05) is 6.07 Å². The number of halogens is 1. The molecule has 2 fully saturated rings. The molecule has 0 amide bonds. The lowest BCUT2D eigenvalue weighted by Gasteiger charge is -2.37. The predicted molar refractivity (Wildman–Crippen MR) is 78.3 cm³/mol. The second-order valence-electron chi connectivity index (χ2n) is 6.17. The Kier molecular flexibility index (Phi) is 3.94. The first kappa shape index (κ1) is 13.8. The molecule has 1 aliphatic heterocycles. The van der Waals surface area contributed by atoms with Crippen molar-refractivity contribution in [2.75, 3.05) is 18.0 Å². The van der Waals surface area contributed by atoms with E-state index in [0.29, 0.717) is 12.6 Å². The maximum Gasteiger partial charge on any atom is 0.129 e. The van der Waals surface area contributed by atoms with Crippen molar-refractivity contribution in [3.63, 3.8) is 0 Å². The number of rotatable bonds is 4. The number of hydrogen-bond acceptors (Lipinski definition) is 3. The van der Waals surface area contributed by atoms with Crippen LogP contribution in [0.15, 0.2) is 18.2 Å². The number of nitrogens with zero attached hydrogens (tertiary/aromatic N) is 1. The zero-order valence-corrected chi connectivity index (χ0v) is 12.0. The van der Waals surface area contributed by atoms with Crippen molar-refractivity contribution >= 4 is 5.69 Å². The van der Waals surface area contributed by atoms with E-state index in [0.717, 1.165) is 30.8 Å². The Labute approximate surface area is 119 Å². The maximum atomic E-state index is 14.1. The van der Waals surface area contributed by atoms with E-state index in [-0.39, 0.29) is 17.8 Å². The number of aliphatic hydroxyl groups excluding tert-OH is 1. The van der Waals surface area contributed by atoms with Crippen LogP contribution in [0.5, 0.6) is 0 Å². The van der Waals surface area contributed by atoms with Crippen molar-refractivity contribution in [1.82, 2.24) is 5.32 Å². The summed E-state index contributed by atoms with van der Waals surface area (Å²) in [5.41, 5.74) is 1.75. The van der Waals surface area contributed by atoms with Crippen molar-refractivity contribution in [2.45, 2.75) is 44.9 Å². The van der Waals surface area contributed by atoms with Crippen molar-refractivity contribution in [3.8, 4) is 0 Å². The van der Waals surface area contributed by atoms with E-state index in [4.69, 9.17) is 0 Å². The molecule has 1 aromatic carbocycles. The monoisotopic (exact) mass is 278 g/mol. The molecule has 110 valence electrons. The summed E-state index contributed by atoms with van der Waals surface area (Å²) in [6.07, 6.45) is 2.94. The Balaban J connectivity index is 1.78. The summed E-state index contributed by atoms with van der Waals surface area (Å²) in [6, 6.07) is 5.89. The molecule has 0 spiro atoms.